The second-order valence-corrected chi connectivity index (χ2v) is 8.03. The Balaban J connectivity index is 1.48. The first-order valence-electron chi connectivity index (χ1n) is 8.81. The standard InChI is InChI=1S/C21H15N3O5S/c25-24(26)18-8-5-16(6-9-18)21-12-10-19(29-21)14-22-23-30(27,28)20-11-7-15-3-1-2-4-17(15)13-20/h1-14,23H/b22-14+. The van der Waals surface area contributed by atoms with Crippen LogP contribution in [-0.4, -0.2) is 19.6 Å². The maximum Gasteiger partial charge on any atom is 0.276 e. The Morgan fingerprint density at radius 2 is 1.67 bits per heavy atom. The van der Waals surface area contributed by atoms with Gasteiger partial charge < -0.3 is 4.42 Å². The molecule has 0 spiro atoms. The van der Waals surface area contributed by atoms with Crippen molar-refractivity contribution in [3.05, 3.63) is 94.7 Å². The van der Waals surface area contributed by atoms with Gasteiger partial charge in [0.1, 0.15) is 11.5 Å². The molecule has 0 aliphatic rings. The number of non-ortho nitro benzene ring substituents is 1. The van der Waals surface area contributed by atoms with Gasteiger partial charge in [0.2, 0.25) is 0 Å². The number of furan rings is 1. The van der Waals surface area contributed by atoms with Crippen LogP contribution in [0, 0.1) is 10.1 Å². The molecule has 30 heavy (non-hydrogen) atoms. The Hall–Kier alpha value is -3.98. The number of hydrogen-bond donors (Lipinski definition) is 1. The highest BCUT2D eigenvalue weighted by Gasteiger charge is 2.13. The van der Waals surface area contributed by atoms with E-state index in [9.17, 15) is 18.5 Å². The lowest BCUT2D eigenvalue weighted by Crippen LogP contribution is -2.18. The summed E-state index contributed by atoms with van der Waals surface area (Å²) in [7, 11) is -3.83. The molecule has 0 radical (unpaired) electrons. The molecule has 8 nitrogen and oxygen atoms in total. The first kappa shape index (κ1) is 19.3. The van der Waals surface area contributed by atoms with Gasteiger partial charge in [-0.1, -0.05) is 30.3 Å². The van der Waals surface area contributed by atoms with E-state index in [1.54, 1.807) is 36.4 Å². The van der Waals surface area contributed by atoms with Crippen molar-refractivity contribution >= 4 is 32.7 Å². The van der Waals surface area contributed by atoms with Gasteiger partial charge in [0.05, 0.1) is 16.0 Å². The molecule has 0 saturated carbocycles. The number of nitro benzene ring substituents is 1. The highest BCUT2D eigenvalue weighted by Crippen LogP contribution is 2.24. The quantitative estimate of drug-likeness (QED) is 0.283. The van der Waals surface area contributed by atoms with E-state index in [1.165, 1.54) is 24.4 Å². The molecule has 0 aliphatic heterocycles. The van der Waals surface area contributed by atoms with Crippen molar-refractivity contribution in [2.24, 2.45) is 5.10 Å². The molecule has 0 saturated heterocycles. The summed E-state index contributed by atoms with van der Waals surface area (Å²) in [6.07, 6.45) is 1.24. The fraction of sp³-hybridized carbons (Fsp3) is 0. The minimum Gasteiger partial charge on any atom is -0.455 e. The van der Waals surface area contributed by atoms with Crippen LogP contribution >= 0.6 is 0 Å². The lowest BCUT2D eigenvalue weighted by Gasteiger charge is -2.04. The fourth-order valence-electron chi connectivity index (χ4n) is 2.87. The van der Waals surface area contributed by atoms with E-state index in [0.717, 1.165) is 10.8 Å². The van der Waals surface area contributed by atoms with Crippen molar-refractivity contribution in [3.8, 4) is 11.3 Å². The summed E-state index contributed by atoms with van der Waals surface area (Å²) in [5, 5.41) is 16.2. The molecule has 0 fully saturated rings. The topological polar surface area (TPSA) is 115 Å². The van der Waals surface area contributed by atoms with E-state index in [2.05, 4.69) is 9.93 Å². The van der Waals surface area contributed by atoms with Crippen molar-refractivity contribution < 1.29 is 17.8 Å². The van der Waals surface area contributed by atoms with Gasteiger partial charge in [-0.25, -0.2) is 0 Å². The number of rotatable bonds is 6. The lowest BCUT2D eigenvalue weighted by atomic mass is 10.1. The zero-order valence-electron chi connectivity index (χ0n) is 15.4. The number of nitrogens with one attached hydrogen (secondary N) is 1. The predicted molar refractivity (Wildman–Crippen MR) is 113 cm³/mol. The zero-order chi connectivity index (χ0) is 21.1. The van der Waals surface area contributed by atoms with Crippen LogP contribution in [0.1, 0.15) is 5.76 Å². The molecule has 0 unspecified atom stereocenters. The highest BCUT2D eigenvalue weighted by atomic mass is 32.2. The molecule has 0 atom stereocenters. The minimum absolute atomic E-state index is 0.0183. The molecular formula is C21H15N3O5S. The van der Waals surface area contributed by atoms with Gasteiger partial charge in [0, 0.05) is 17.7 Å². The zero-order valence-corrected chi connectivity index (χ0v) is 16.2. The summed E-state index contributed by atoms with van der Waals surface area (Å²) in [6, 6.07) is 21.5. The summed E-state index contributed by atoms with van der Waals surface area (Å²) in [5.41, 5.74) is 0.632. The molecule has 1 aromatic heterocycles. The van der Waals surface area contributed by atoms with Crippen LogP contribution < -0.4 is 4.83 Å². The van der Waals surface area contributed by atoms with Crippen LogP contribution in [0.2, 0.25) is 0 Å². The van der Waals surface area contributed by atoms with E-state index in [-0.39, 0.29) is 10.6 Å². The Morgan fingerprint density at radius 1 is 0.933 bits per heavy atom. The number of fused-ring (bicyclic) bond motifs is 1. The second-order valence-electron chi connectivity index (χ2n) is 6.37. The molecule has 4 aromatic rings. The molecule has 1 heterocycles. The maximum absolute atomic E-state index is 12.5. The van der Waals surface area contributed by atoms with Crippen molar-refractivity contribution in [2.45, 2.75) is 4.90 Å². The lowest BCUT2D eigenvalue weighted by molar-refractivity contribution is -0.384. The molecule has 1 N–H and O–H groups in total. The second kappa shape index (κ2) is 7.80. The normalized spacial score (nSPS) is 11.7. The predicted octanol–water partition coefficient (Wildman–Crippen LogP) is 4.32. The van der Waals surface area contributed by atoms with E-state index in [4.69, 9.17) is 4.42 Å². The van der Waals surface area contributed by atoms with Crippen molar-refractivity contribution in [1.82, 2.24) is 4.83 Å². The monoisotopic (exact) mass is 421 g/mol. The number of sulfonamides is 1. The average Bonchev–Trinajstić information content (AvgIpc) is 3.22. The largest absolute Gasteiger partial charge is 0.455 e. The van der Waals surface area contributed by atoms with Crippen molar-refractivity contribution in [3.63, 3.8) is 0 Å². The van der Waals surface area contributed by atoms with E-state index < -0.39 is 14.9 Å². The molecule has 4 rings (SSSR count). The van der Waals surface area contributed by atoms with Crippen LogP contribution in [0.25, 0.3) is 22.1 Å². The van der Waals surface area contributed by atoms with Gasteiger partial charge in [0.25, 0.3) is 15.7 Å². The third-order valence-corrected chi connectivity index (χ3v) is 5.61. The Labute approximate surface area is 171 Å². The third-order valence-electron chi connectivity index (χ3n) is 4.39. The molecule has 0 amide bonds. The third kappa shape index (κ3) is 4.06. The fourth-order valence-corrected chi connectivity index (χ4v) is 3.70. The Kier molecular flexibility index (Phi) is 5.03. The minimum atomic E-state index is -3.83. The Bertz CT molecular complexity index is 1360. The summed E-state index contributed by atoms with van der Waals surface area (Å²) in [6.45, 7) is 0. The SMILES string of the molecule is O=[N+]([O-])c1ccc(-c2ccc(/C=N/NS(=O)(=O)c3ccc4ccccc4c3)o2)cc1. The Morgan fingerprint density at radius 3 is 2.40 bits per heavy atom. The van der Waals surface area contributed by atoms with Crippen molar-refractivity contribution in [1.29, 1.82) is 0 Å². The van der Waals surface area contributed by atoms with Gasteiger partial charge >= 0.3 is 0 Å². The summed E-state index contributed by atoms with van der Waals surface area (Å²) >= 11 is 0. The number of nitrogens with zero attached hydrogens (tertiary/aromatic N) is 2. The highest BCUT2D eigenvalue weighted by molar-refractivity contribution is 7.89. The first-order valence-corrected chi connectivity index (χ1v) is 10.3. The van der Waals surface area contributed by atoms with Gasteiger partial charge in [0.15, 0.2) is 0 Å². The smallest absolute Gasteiger partial charge is 0.276 e. The van der Waals surface area contributed by atoms with Gasteiger partial charge in [-0.05, 0) is 47.2 Å². The number of hydrazone groups is 1. The number of hydrogen-bond acceptors (Lipinski definition) is 6. The summed E-state index contributed by atoms with van der Waals surface area (Å²) in [4.78, 5) is 12.5. The van der Waals surface area contributed by atoms with Gasteiger partial charge in [-0.3, -0.25) is 10.1 Å². The molecule has 0 aliphatic carbocycles. The number of benzene rings is 3. The van der Waals surface area contributed by atoms with Crippen molar-refractivity contribution in [2.75, 3.05) is 0 Å². The molecule has 150 valence electrons. The summed E-state index contributed by atoms with van der Waals surface area (Å²) in [5.74, 6) is 0.799. The maximum atomic E-state index is 12.5. The van der Waals surface area contributed by atoms with Crippen LogP contribution in [0.3, 0.4) is 0 Å². The van der Waals surface area contributed by atoms with Gasteiger partial charge in [-0.2, -0.15) is 18.4 Å². The molecule has 9 heteroatoms. The summed E-state index contributed by atoms with van der Waals surface area (Å²) < 4.78 is 30.5. The first-order chi connectivity index (χ1) is 14.4. The van der Waals surface area contributed by atoms with E-state index in [1.807, 2.05) is 24.3 Å². The van der Waals surface area contributed by atoms with Crippen LogP contribution in [0.4, 0.5) is 5.69 Å². The molecule has 3 aromatic carbocycles. The molecule has 0 bridgehead atoms. The average molecular weight is 421 g/mol. The van der Waals surface area contributed by atoms with Crippen LogP contribution in [-0.2, 0) is 10.0 Å². The van der Waals surface area contributed by atoms with E-state index in [0.29, 0.717) is 17.1 Å². The van der Waals surface area contributed by atoms with E-state index >= 15 is 0 Å². The van der Waals surface area contributed by atoms with Gasteiger partial charge in [-0.15, -0.1) is 0 Å². The number of nitro groups is 1. The van der Waals surface area contributed by atoms with Crippen LogP contribution in [0.5, 0.6) is 0 Å². The van der Waals surface area contributed by atoms with Crippen LogP contribution in [0.15, 0.2) is 93.3 Å². The molecular weight excluding hydrogens is 406 g/mol.